The summed E-state index contributed by atoms with van der Waals surface area (Å²) in [7, 11) is 1.96. The molecular formula is C15H21N3O. The molecule has 0 heterocycles. The summed E-state index contributed by atoms with van der Waals surface area (Å²) < 4.78 is 0. The van der Waals surface area contributed by atoms with Gasteiger partial charge in [0.1, 0.15) is 0 Å². The van der Waals surface area contributed by atoms with E-state index in [1.54, 1.807) is 24.3 Å². The molecule has 1 aromatic rings. The van der Waals surface area contributed by atoms with Gasteiger partial charge in [0.05, 0.1) is 18.2 Å². The molecule has 1 aromatic carbocycles. The van der Waals surface area contributed by atoms with E-state index in [2.05, 4.69) is 19.2 Å². The monoisotopic (exact) mass is 259 g/mol. The zero-order chi connectivity index (χ0) is 14.3. The Hall–Kier alpha value is -1.86. The number of amides is 1. The predicted octanol–water partition coefficient (Wildman–Crippen LogP) is 2.62. The van der Waals surface area contributed by atoms with Crippen molar-refractivity contribution in [2.75, 3.05) is 18.9 Å². The maximum atomic E-state index is 11.9. The van der Waals surface area contributed by atoms with Crippen LogP contribution in [0.2, 0.25) is 0 Å². The maximum Gasteiger partial charge on any atom is 0.238 e. The van der Waals surface area contributed by atoms with Crippen LogP contribution in [0.3, 0.4) is 0 Å². The van der Waals surface area contributed by atoms with Gasteiger partial charge in [-0.3, -0.25) is 9.69 Å². The van der Waals surface area contributed by atoms with Crippen molar-refractivity contribution >= 4 is 11.6 Å². The predicted molar refractivity (Wildman–Crippen MR) is 76.8 cm³/mol. The van der Waals surface area contributed by atoms with Crippen LogP contribution in [0.15, 0.2) is 24.3 Å². The zero-order valence-electron chi connectivity index (χ0n) is 11.8. The highest BCUT2D eigenvalue weighted by Crippen LogP contribution is 2.09. The third-order valence-electron chi connectivity index (χ3n) is 3.15. The Morgan fingerprint density at radius 1 is 1.42 bits per heavy atom. The van der Waals surface area contributed by atoms with Crippen LogP contribution in [0.4, 0.5) is 5.69 Å². The Labute approximate surface area is 115 Å². The Morgan fingerprint density at radius 2 is 2.05 bits per heavy atom. The molecule has 1 rings (SSSR count). The quantitative estimate of drug-likeness (QED) is 0.854. The van der Waals surface area contributed by atoms with Gasteiger partial charge < -0.3 is 5.32 Å². The van der Waals surface area contributed by atoms with Crippen molar-refractivity contribution in [3.63, 3.8) is 0 Å². The lowest BCUT2D eigenvalue weighted by Gasteiger charge is -2.23. The molecule has 1 atom stereocenters. The van der Waals surface area contributed by atoms with Crippen molar-refractivity contribution in [3.8, 4) is 6.07 Å². The van der Waals surface area contributed by atoms with Crippen LogP contribution < -0.4 is 5.32 Å². The maximum absolute atomic E-state index is 11.9. The molecule has 0 aliphatic heterocycles. The highest BCUT2D eigenvalue weighted by Gasteiger charge is 2.12. The summed E-state index contributed by atoms with van der Waals surface area (Å²) in [5.74, 6) is -0.0323. The number of rotatable bonds is 6. The smallest absolute Gasteiger partial charge is 0.238 e. The van der Waals surface area contributed by atoms with Gasteiger partial charge in [-0.05, 0) is 44.7 Å². The first-order valence-electron chi connectivity index (χ1n) is 6.57. The summed E-state index contributed by atoms with van der Waals surface area (Å²) in [6.45, 7) is 4.64. The van der Waals surface area contributed by atoms with Crippen molar-refractivity contribution in [1.82, 2.24) is 4.90 Å². The van der Waals surface area contributed by atoms with E-state index in [1.165, 1.54) is 0 Å². The average molecular weight is 259 g/mol. The fourth-order valence-electron chi connectivity index (χ4n) is 1.85. The van der Waals surface area contributed by atoms with Crippen LogP contribution in [0.25, 0.3) is 0 Å². The fourth-order valence-corrected chi connectivity index (χ4v) is 1.85. The van der Waals surface area contributed by atoms with Gasteiger partial charge >= 0.3 is 0 Å². The highest BCUT2D eigenvalue weighted by atomic mass is 16.2. The molecule has 4 heteroatoms. The molecule has 1 amide bonds. The van der Waals surface area contributed by atoms with Gasteiger partial charge in [-0.25, -0.2) is 0 Å². The van der Waals surface area contributed by atoms with Crippen LogP contribution in [-0.2, 0) is 4.79 Å². The summed E-state index contributed by atoms with van der Waals surface area (Å²) in [5, 5.41) is 11.5. The van der Waals surface area contributed by atoms with E-state index in [-0.39, 0.29) is 5.91 Å². The molecule has 0 fully saturated rings. The number of anilines is 1. The first-order valence-corrected chi connectivity index (χ1v) is 6.57. The number of nitrogens with one attached hydrogen (secondary N) is 1. The van der Waals surface area contributed by atoms with E-state index < -0.39 is 0 Å². The van der Waals surface area contributed by atoms with E-state index in [1.807, 2.05) is 18.0 Å². The normalized spacial score (nSPS) is 11.9. The number of hydrogen-bond acceptors (Lipinski definition) is 3. The minimum atomic E-state index is -0.0323. The number of nitrogens with zero attached hydrogens (tertiary/aromatic N) is 2. The van der Waals surface area contributed by atoms with Crippen LogP contribution in [0, 0.1) is 11.3 Å². The second-order valence-corrected chi connectivity index (χ2v) is 4.79. The van der Waals surface area contributed by atoms with E-state index in [0.29, 0.717) is 18.2 Å². The van der Waals surface area contributed by atoms with Crippen molar-refractivity contribution in [1.29, 1.82) is 5.26 Å². The largest absolute Gasteiger partial charge is 0.325 e. The molecule has 1 N–H and O–H groups in total. The number of benzene rings is 1. The van der Waals surface area contributed by atoms with Crippen molar-refractivity contribution in [2.24, 2.45) is 0 Å². The minimum Gasteiger partial charge on any atom is -0.325 e. The van der Waals surface area contributed by atoms with E-state index in [4.69, 9.17) is 5.26 Å². The molecular weight excluding hydrogens is 238 g/mol. The van der Waals surface area contributed by atoms with Gasteiger partial charge in [0, 0.05) is 11.7 Å². The van der Waals surface area contributed by atoms with Gasteiger partial charge in [-0.15, -0.1) is 0 Å². The van der Waals surface area contributed by atoms with Crippen LogP contribution in [-0.4, -0.2) is 30.4 Å². The SMILES string of the molecule is CCCC(C)N(C)CC(=O)Nc1ccc(C#N)cc1. The standard InChI is InChI=1S/C15H21N3O/c1-4-5-12(2)18(3)11-15(19)17-14-8-6-13(10-16)7-9-14/h6-9,12H,4-5,11H2,1-3H3,(H,17,19). The lowest BCUT2D eigenvalue weighted by atomic mass is 10.2. The zero-order valence-corrected chi connectivity index (χ0v) is 11.8. The van der Waals surface area contributed by atoms with Gasteiger partial charge in [-0.2, -0.15) is 5.26 Å². The Bertz CT molecular complexity index is 447. The van der Waals surface area contributed by atoms with Gasteiger partial charge in [-0.1, -0.05) is 13.3 Å². The van der Waals surface area contributed by atoms with Gasteiger partial charge in [0.2, 0.25) is 5.91 Å². The fraction of sp³-hybridized carbons (Fsp3) is 0.467. The Kier molecular flexibility index (Phi) is 6.04. The molecule has 0 aromatic heterocycles. The Balaban J connectivity index is 2.48. The summed E-state index contributed by atoms with van der Waals surface area (Å²) >= 11 is 0. The van der Waals surface area contributed by atoms with E-state index >= 15 is 0 Å². The lowest BCUT2D eigenvalue weighted by molar-refractivity contribution is -0.117. The minimum absolute atomic E-state index is 0.0323. The summed E-state index contributed by atoms with van der Waals surface area (Å²) in [4.78, 5) is 13.9. The molecule has 0 saturated carbocycles. The summed E-state index contributed by atoms with van der Waals surface area (Å²) in [5.41, 5.74) is 1.31. The topological polar surface area (TPSA) is 56.1 Å². The molecule has 0 bridgehead atoms. The lowest BCUT2D eigenvalue weighted by Crippen LogP contribution is -2.36. The molecule has 0 aliphatic rings. The number of nitriles is 1. The third-order valence-corrected chi connectivity index (χ3v) is 3.15. The molecule has 0 aliphatic carbocycles. The first kappa shape index (κ1) is 15.2. The third kappa shape index (κ3) is 5.11. The van der Waals surface area contributed by atoms with Crippen LogP contribution in [0.5, 0.6) is 0 Å². The van der Waals surface area contributed by atoms with Gasteiger partial charge in [0.25, 0.3) is 0 Å². The average Bonchev–Trinajstić information content (AvgIpc) is 2.39. The molecule has 4 nitrogen and oxygen atoms in total. The van der Waals surface area contributed by atoms with Crippen molar-refractivity contribution in [3.05, 3.63) is 29.8 Å². The number of likely N-dealkylation sites (N-methyl/N-ethyl adjacent to an activating group) is 1. The second-order valence-electron chi connectivity index (χ2n) is 4.79. The van der Waals surface area contributed by atoms with Crippen LogP contribution in [0.1, 0.15) is 32.3 Å². The molecule has 102 valence electrons. The summed E-state index contributed by atoms with van der Waals surface area (Å²) in [6.07, 6.45) is 2.20. The first-order chi connectivity index (χ1) is 9.06. The number of carbonyl (C=O) groups is 1. The summed E-state index contributed by atoms with van der Waals surface area (Å²) in [6, 6.07) is 9.32. The second kappa shape index (κ2) is 7.55. The molecule has 1 unspecified atom stereocenters. The molecule has 19 heavy (non-hydrogen) atoms. The number of carbonyl (C=O) groups excluding carboxylic acids is 1. The van der Waals surface area contributed by atoms with E-state index in [0.717, 1.165) is 18.5 Å². The van der Waals surface area contributed by atoms with Crippen LogP contribution >= 0.6 is 0 Å². The van der Waals surface area contributed by atoms with Gasteiger partial charge in [0.15, 0.2) is 0 Å². The Morgan fingerprint density at radius 3 is 2.58 bits per heavy atom. The molecule has 0 radical (unpaired) electrons. The molecule has 0 saturated heterocycles. The molecule has 0 spiro atoms. The van der Waals surface area contributed by atoms with E-state index in [9.17, 15) is 4.79 Å². The van der Waals surface area contributed by atoms with Crippen molar-refractivity contribution < 1.29 is 4.79 Å². The number of hydrogen-bond donors (Lipinski definition) is 1. The highest BCUT2D eigenvalue weighted by molar-refractivity contribution is 5.92. The van der Waals surface area contributed by atoms with Crippen molar-refractivity contribution in [2.45, 2.75) is 32.7 Å².